The van der Waals surface area contributed by atoms with Crippen LogP contribution in [0.1, 0.15) is 23.7 Å². The van der Waals surface area contributed by atoms with Gasteiger partial charge in [-0.15, -0.1) is 5.10 Å². The Morgan fingerprint density at radius 1 is 1.17 bits per heavy atom. The third kappa shape index (κ3) is 2.64. The number of nitrogens with one attached hydrogen (secondary N) is 1. The van der Waals surface area contributed by atoms with Crippen LogP contribution in [0.2, 0.25) is 0 Å². The Bertz CT molecular complexity index is 803. The van der Waals surface area contributed by atoms with Gasteiger partial charge in [0.25, 0.3) is 0 Å². The van der Waals surface area contributed by atoms with Gasteiger partial charge in [0.05, 0.1) is 5.69 Å². The van der Waals surface area contributed by atoms with Crippen molar-refractivity contribution in [3.63, 3.8) is 0 Å². The van der Waals surface area contributed by atoms with Crippen molar-refractivity contribution < 1.29 is 0 Å². The Kier molecular flexibility index (Phi) is 3.63. The van der Waals surface area contributed by atoms with Crippen LogP contribution >= 0.6 is 0 Å². The van der Waals surface area contributed by atoms with Crippen LogP contribution in [-0.4, -0.2) is 32.8 Å². The van der Waals surface area contributed by atoms with Crippen molar-refractivity contribution in [2.24, 2.45) is 0 Å². The number of pyridine rings is 1. The van der Waals surface area contributed by atoms with Gasteiger partial charge in [0.2, 0.25) is 0 Å². The fourth-order valence-corrected chi connectivity index (χ4v) is 3.05. The largest absolute Gasteiger partial charge is 0.316 e. The predicted octanol–water partition coefficient (Wildman–Crippen LogP) is 2.71. The minimum atomic E-state index is 0.396. The number of benzene rings is 1. The number of hydrogen-bond acceptors (Lipinski definition) is 4. The average Bonchev–Trinajstić information content (AvgIpc) is 3.25. The molecule has 4 rings (SSSR count). The van der Waals surface area contributed by atoms with E-state index in [9.17, 15) is 0 Å². The summed E-state index contributed by atoms with van der Waals surface area (Å²) in [6.07, 6.45) is 4.77. The number of aromatic nitrogens is 4. The topological polar surface area (TPSA) is 55.6 Å². The highest BCUT2D eigenvalue weighted by Gasteiger charge is 2.25. The first-order chi connectivity index (χ1) is 11.3. The summed E-state index contributed by atoms with van der Waals surface area (Å²) in [5.74, 6) is 2.21. The van der Waals surface area contributed by atoms with Crippen LogP contribution in [0.25, 0.3) is 17.1 Å². The summed E-state index contributed by atoms with van der Waals surface area (Å²) in [5, 5.41) is 8.23. The summed E-state index contributed by atoms with van der Waals surface area (Å²) in [4.78, 5) is 9.06. The van der Waals surface area contributed by atoms with Crippen LogP contribution in [0.3, 0.4) is 0 Å². The van der Waals surface area contributed by atoms with Crippen molar-refractivity contribution in [1.82, 2.24) is 25.1 Å². The molecule has 5 heteroatoms. The first-order valence-electron chi connectivity index (χ1n) is 7.97. The standard InChI is InChI=1S/C18H19N5/c1-13-11-19-10-8-16(13)23-18(15-7-9-20-12-15)21-17(22-23)14-5-3-2-4-6-14/h2-6,8,10-11,15,20H,7,9,12H2,1H3. The minimum absolute atomic E-state index is 0.396. The number of rotatable bonds is 3. The molecular formula is C18H19N5. The Hall–Kier alpha value is -2.53. The van der Waals surface area contributed by atoms with E-state index < -0.39 is 0 Å². The fraction of sp³-hybridized carbons (Fsp3) is 0.278. The van der Waals surface area contributed by atoms with Crippen molar-refractivity contribution in [1.29, 1.82) is 0 Å². The Morgan fingerprint density at radius 3 is 2.78 bits per heavy atom. The Morgan fingerprint density at radius 2 is 2.04 bits per heavy atom. The summed E-state index contributed by atoms with van der Waals surface area (Å²) in [6, 6.07) is 12.2. The number of hydrogen-bond donors (Lipinski definition) is 1. The van der Waals surface area contributed by atoms with Gasteiger partial charge < -0.3 is 5.32 Å². The molecule has 3 aromatic rings. The highest BCUT2D eigenvalue weighted by molar-refractivity contribution is 5.55. The van der Waals surface area contributed by atoms with Gasteiger partial charge in [-0.1, -0.05) is 30.3 Å². The Labute approximate surface area is 135 Å². The summed E-state index contributed by atoms with van der Waals surface area (Å²) >= 11 is 0. The van der Waals surface area contributed by atoms with E-state index in [1.54, 1.807) is 0 Å². The van der Waals surface area contributed by atoms with Gasteiger partial charge in [-0.25, -0.2) is 9.67 Å². The van der Waals surface area contributed by atoms with E-state index in [0.29, 0.717) is 5.92 Å². The van der Waals surface area contributed by atoms with Crippen LogP contribution in [0.5, 0.6) is 0 Å². The molecule has 0 aliphatic carbocycles. The third-order valence-electron chi connectivity index (χ3n) is 4.31. The molecular weight excluding hydrogens is 286 g/mol. The first kappa shape index (κ1) is 14.1. The van der Waals surface area contributed by atoms with Crippen LogP contribution in [0.4, 0.5) is 0 Å². The lowest BCUT2D eigenvalue weighted by atomic mass is 10.1. The molecule has 0 spiro atoms. The van der Waals surface area contributed by atoms with Gasteiger partial charge in [0.15, 0.2) is 5.82 Å². The zero-order chi connectivity index (χ0) is 15.6. The van der Waals surface area contributed by atoms with Gasteiger partial charge in [-0.05, 0) is 31.5 Å². The maximum atomic E-state index is 4.87. The predicted molar refractivity (Wildman–Crippen MR) is 89.6 cm³/mol. The molecule has 0 amide bonds. The normalized spacial score (nSPS) is 17.5. The van der Waals surface area contributed by atoms with E-state index in [4.69, 9.17) is 10.1 Å². The number of aryl methyl sites for hydroxylation is 1. The van der Waals surface area contributed by atoms with Crippen LogP contribution < -0.4 is 5.32 Å². The van der Waals surface area contributed by atoms with E-state index >= 15 is 0 Å². The second kappa shape index (κ2) is 5.93. The smallest absolute Gasteiger partial charge is 0.181 e. The zero-order valence-corrected chi connectivity index (χ0v) is 13.1. The SMILES string of the molecule is Cc1cnccc1-n1nc(-c2ccccc2)nc1C1CCNC1. The number of nitrogens with zero attached hydrogens (tertiary/aromatic N) is 4. The summed E-state index contributed by atoms with van der Waals surface area (Å²) < 4.78 is 2.00. The summed E-state index contributed by atoms with van der Waals surface area (Å²) in [6.45, 7) is 4.05. The maximum Gasteiger partial charge on any atom is 0.181 e. The molecule has 5 nitrogen and oxygen atoms in total. The van der Waals surface area contributed by atoms with Crippen LogP contribution in [-0.2, 0) is 0 Å². The molecule has 116 valence electrons. The van der Waals surface area contributed by atoms with Crippen LogP contribution in [0.15, 0.2) is 48.8 Å². The molecule has 1 aliphatic heterocycles. The van der Waals surface area contributed by atoms with Gasteiger partial charge >= 0.3 is 0 Å². The van der Waals surface area contributed by atoms with Crippen molar-refractivity contribution in [2.75, 3.05) is 13.1 Å². The highest BCUT2D eigenvalue weighted by Crippen LogP contribution is 2.27. The molecule has 1 fully saturated rings. The van der Waals surface area contributed by atoms with E-state index in [1.807, 2.05) is 41.3 Å². The van der Waals surface area contributed by atoms with Crippen molar-refractivity contribution >= 4 is 0 Å². The third-order valence-corrected chi connectivity index (χ3v) is 4.31. The highest BCUT2D eigenvalue weighted by atomic mass is 15.4. The van der Waals surface area contributed by atoms with E-state index in [0.717, 1.165) is 48.0 Å². The maximum absolute atomic E-state index is 4.87. The van der Waals surface area contributed by atoms with Crippen molar-refractivity contribution in [3.05, 3.63) is 60.2 Å². The monoisotopic (exact) mass is 305 g/mol. The molecule has 3 heterocycles. The molecule has 1 atom stereocenters. The molecule has 1 unspecified atom stereocenters. The molecule has 1 aliphatic rings. The molecule has 1 N–H and O–H groups in total. The molecule has 1 aromatic carbocycles. The molecule has 23 heavy (non-hydrogen) atoms. The van der Waals surface area contributed by atoms with E-state index in [2.05, 4.69) is 29.4 Å². The lowest BCUT2D eigenvalue weighted by Gasteiger charge is -2.11. The van der Waals surface area contributed by atoms with Crippen molar-refractivity contribution in [3.8, 4) is 17.1 Å². The van der Waals surface area contributed by atoms with Gasteiger partial charge in [-0.2, -0.15) is 0 Å². The Balaban J connectivity index is 1.86. The zero-order valence-electron chi connectivity index (χ0n) is 13.1. The quantitative estimate of drug-likeness (QED) is 0.808. The molecule has 0 radical (unpaired) electrons. The van der Waals surface area contributed by atoms with Gasteiger partial charge in [0, 0.05) is 30.4 Å². The molecule has 0 bridgehead atoms. The summed E-state index contributed by atoms with van der Waals surface area (Å²) in [7, 11) is 0. The van der Waals surface area contributed by atoms with Gasteiger partial charge in [-0.3, -0.25) is 4.98 Å². The van der Waals surface area contributed by atoms with Crippen LogP contribution in [0, 0.1) is 6.92 Å². The second-order valence-corrected chi connectivity index (χ2v) is 5.92. The second-order valence-electron chi connectivity index (χ2n) is 5.92. The lowest BCUT2D eigenvalue weighted by Crippen LogP contribution is -2.13. The summed E-state index contributed by atoms with van der Waals surface area (Å²) in [5.41, 5.74) is 3.20. The molecule has 0 saturated carbocycles. The molecule has 1 saturated heterocycles. The fourth-order valence-electron chi connectivity index (χ4n) is 3.05. The first-order valence-corrected chi connectivity index (χ1v) is 7.97. The van der Waals surface area contributed by atoms with E-state index in [1.165, 1.54) is 0 Å². The molecule has 2 aromatic heterocycles. The lowest BCUT2D eigenvalue weighted by molar-refractivity contribution is 0.662. The van der Waals surface area contributed by atoms with Gasteiger partial charge in [0.1, 0.15) is 5.82 Å². The average molecular weight is 305 g/mol. The van der Waals surface area contributed by atoms with E-state index in [-0.39, 0.29) is 0 Å². The van der Waals surface area contributed by atoms with Crippen molar-refractivity contribution in [2.45, 2.75) is 19.3 Å². The minimum Gasteiger partial charge on any atom is -0.316 e.